The summed E-state index contributed by atoms with van der Waals surface area (Å²) in [5, 5.41) is 5.53. The van der Waals surface area contributed by atoms with Crippen LogP contribution in [-0.2, 0) is 9.53 Å². The second-order valence-electron chi connectivity index (χ2n) is 7.51. The average Bonchev–Trinajstić information content (AvgIpc) is 2.52. The van der Waals surface area contributed by atoms with Crippen LogP contribution < -0.4 is 15.5 Å². The molecule has 1 aromatic carbocycles. The van der Waals surface area contributed by atoms with E-state index in [-0.39, 0.29) is 5.91 Å². The highest BCUT2D eigenvalue weighted by Crippen LogP contribution is 2.20. The third kappa shape index (κ3) is 8.23. The van der Waals surface area contributed by atoms with Crippen molar-refractivity contribution in [2.45, 2.75) is 66.0 Å². The summed E-state index contributed by atoms with van der Waals surface area (Å²) in [5.74, 6) is -0.0695. The standard InChI is InChI=1S/C20H33N3O3/c1-7-23(15(2)3)17-12-10-16(11-13-17)22-18(24)9-8-14-21-19(25)26-20(4,5)6/h10-13,15H,7-9,14H2,1-6H3,(H,21,25)(H,22,24). The predicted molar refractivity (Wildman–Crippen MR) is 107 cm³/mol. The Balaban J connectivity index is 2.36. The van der Waals surface area contributed by atoms with Crippen LogP contribution >= 0.6 is 0 Å². The average molecular weight is 364 g/mol. The minimum absolute atomic E-state index is 0.0695. The van der Waals surface area contributed by atoms with Crippen LogP contribution in [0.15, 0.2) is 24.3 Å². The zero-order valence-electron chi connectivity index (χ0n) is 16.9. The van der Waals surface area contributed by atoms with Gasteiger partial charge in [0.1, 0.15) is 5.60 Å². The van der Waals surface area contributed by atoms with Crippen LogP contribution in [-0.4, -0.2) is 36.7 Å². The lowest BCUT2D eigenvalue weighted by molar-refractivity contribution is -0.116. The summed E-state index contributed by atoms with van der Waals surface area (Å²) in [7, 11) is 0. The number of anilines is 2. The highest BCUT2D eigenvalue weighted by Gasteiger charge is 2.15. The predicted octanol–water partition coefficient (Wildman–Crippen LogP) is 4.16. The quantitative estimate of drug-likeness (QED) is 0.680. The van der Waals surface area contributed by atoms with Crippen molar-refractivity contribution in [3.63, 3.8) is 0 Å². The first-order valence-corrected chi connectivity index (χ1v) is 9.25. The summed E-state index contributed by atoms with van der Waals surface area (Å²) in [6.07, 6.45) is 0.434. The summed E-state index contributed by atoms with van der Waals surface area (Å²) in [4.78, 5) is 25.8. The maximum atomic E-state index is 12.0. The fraction of sp³-hybridized carbons (Fsp3) is 0.600. The number of carbonyl (C=O) groups excluding carboxylic acids is 2. The van der Waals surface area contributed by atoms with E-state index in [2.05, 4.69) is 36.3 Å². The van der Waals surface area contributed by atoms with E-state index in [0.29, 0.717) is 25.4 Å². The van der Waals surface area contributed by atoms with Crippen LogP contribution in [0.25, 0.3) is 0 Å². The zero-order valence-corrected chi connectivity index (χ0v) is 16.9. The molecule has 6 nitrogen and oxygen atoms in total. The Bertz CT molecular complexity index is 577. The van der Waals surface area contributed by atoms with E-state index >= 15 is 0 Å². The van der Waals surface area contributed by atoms with Crippen molar-refractivity contribution in [3.8, 4) is 0 Å². The third-order valence-electron chi connectivity index (χ3n) is 3.70. The molecule has 2 amide bonds. The number of ether oxygens (including phenoxy) is 1. The summed E-state index contributed by atoms with van der Waals surface area (Å²) in [5.41, 5.74) is 1.40. The van der Waals surface area contributed by atoms with Crippen molar-refractivity contribution in [3.05, 3.63) is 24.3 Å². The molecule has 0 fully saturated rings. The number of amides is 2. The molecule has 0 saturated heterocycles. The monoisotopic (exact) mass is 363 g/mol. The Morgan fingerprint density at radius 3 is 2.27 bits per heavy atom. The molecule has 6 heteroatoms. The highest BCUT2D eigenvalue weighted by atomic mass is 16.6. The van der Waals surface area contributed by atoms with E-state index in [1.807, 2.05) is 45.0 Å². The molecule has 0 unspecified atom stereocenters. The van der Waals surface area contributed by atoms with Crippen molar-refractivity contribution in [1.29, 1.82) is 0 Å². The Morgan fingerprint density at radius 1 is 1.15 bits per heavy atom. The lowest BCUT2D eigenvalue weighted by Crippen LogP contribution is -2.33. The first-order chi connectivity index (χ1) is 12.1. The summed E-state index contributed by atoms with van der Waals surface area (Å²) in [6, 6.07) is 8.29. The number of nitrogens with zero attached hydrogens (tertiary/aromatic N) is 1. The van der Waals surface area contributed by atoms with E-state index in [0.717, 1.165) is 17.9 Å². The van der Waals surface area contributed by atoms with Gasteiger partial charge < -0.3 is 20.3 Å². The molecule has 2 N–H and O–H groups in total. The second kappa shape index (κ2) is 10.0. The zero-order chi connectivity index (χ0) is 19.7. The van der Waals surface area contributed by atoms with E-state index < -0.39 is 11.7 Å². The molecule has 0 spiro atoms. The molecule has 0 aliphatic rings. The van der Waals surface area contributed by atoms with Crippen molar-refractivity contribution in [2.24, 2.45) is 0 Å². The van der Waals surface area contributed by atoms with Crippen LogP contribution in [0.3, 0.4) is 0 Å². The van der Waals surface area contributed by atoms with Gasteiger partial charge in [-0.25, -0.2) is 4.79 Å². The number of hydrogen-bond donors (Lipinski definition) is 2. The molecule has 1 aromatic rings. The third-order valence-corrected chi connectivity index (χ3v) is 3.70. The molecule has 0 bridgehead atoms. The van der Waals surface area contributed by atoms with Gasteiger partial charge in [-0.2, -0.15) is 0 Å². The number of hydrogen-bond acceptors (Lipinski definition) is 4. The van der Waals surface area contributed by atoms with Crippen LogP contribution in [0.2, 0.25) is 0 Å². The topological polar surface area (TPSA) is 70.7 Å². The molecule has 0 aliphatic carbocycles. The number of nitrogens with one attached hydrogen (secondary N) is 2. The Kier molecular flexibility index (Phi) is 8.42. The molecule has 26 heavy (non-hydrogen) atoms. The smallest absolute Gasteiger partial charge is 0.407 e. The van der Waals surface area contributed by atoms with Gasteiger partial charge in [-0.05, 0) is 72.2 Å². The fourth-order valence-electron chi connectivity index (χ4n) is 2.56. The second-order valence-corrected chi connectivity index (χ2v) is 7.51. The number of carbonyl (C=O) groups is 2. The maximum Gasteiger partial charge on any atom is 0.407 e. The minimum atomic E-state index is -0.517. The van der Waals surface area contributed by atoms with Gasteiger partial charge in [0.25, 0.3) is 0 Å². The van der Waals surface area contributed by atoms with Crippen LogP contribution in [0, 0.1) is 0 Å². The van der Waals surface area contributed by atoms with E-state index in [1.54, 1.807) is 0 Å². The van der Waals surface area contributed by atoms with Crippen molar-refractivity contribution in [2.75, 3.05) is 23.3 Å². The molecule has 0 aliphatic heterocycles. The molecular weight excluding hydrogens is 330 g/mol. The molecule has 0 atom stereocenters. The van der Waals surface area contributed by atoms with Gasteiger partial charge in [-0.15, -0.1) is 0 Å². The van der Waals surface area contributed by atoms with Gasteiger partial charge in [0, 0.05) is 36.9 Å². The Morgan fingerprint density at radius 2 is 1.77 bits per heavy atom. The first kappa shape index (κ1) is 21.8. The first-order valence-electron chi connectivity index (χ1n) is 9.25. The Hall–Kier alpha value is -2.24. The van der Waals surface area contributed by atoms with Gasteiger partial charge in [-0.1, -0.05) is 0 Å². The molecule has 1 rings (SSSR count). The molecule has 0 aromatic heterocycles. The van der Waals surface area contributed by atoms with Gasteiger partial charge in [0.05, 0.1) is 0 Å². The van der Waals surface area contributed by atoms with Gasteiger partial charge >= 0.3 is 6.09 Å². The lowest BCUT2D eigenvalue weighted by atomic mass is 10.2. The van der Waals surface area contributed by atoms with Crippen LogP contribution in [0.1, 0.15) is 54.4 Å². The van der Waals surface area contributed by atoms with Crippen LogP contribution in [0.5, 0.6) is 0 Å². The normalized spacial score (nSPS) is 11.2. The van der Waals surface area contributed by atoms with E-state index in [4.69, 9.17) is 4.74 Å². The largest absolute Gasteiger partial charge is 0.444 e. The molecule has 0 saturated carbocycles. The van der Waals surface area contributed by atoms with Gasteiger partial charge in [0.2, 0.25) is 5.91 Å². The molecular formula is C20H33N3O3. The van der Waals surface area contributed by atoms with E-state index in [9.17, 15) is 9.59 Å². The minimum Gasteiger partial charge on any atom is -0.444 e. The number of rotatable bonds is 8. The summed E-state index contributed by atoms with van der Waals surface area (Å²) in [6.45, 7) is 13.2. The van der Waals surface area contributed by atoms with Gasteiger partial charge in [0.15, 0.2) is 0 Å². The molecule has 0 radical (unpaired) electrons. The van der Waals surface area contributed by atoms with Gasteiger partial charge in [-0.3, -0.25) is 4.79 Å². The van der Waals surface area contributed by atoms with Crippen LogP contribution in [0.4, 0.5) is 16.2 Å². The molecule has 0 heterocycles. The summed E-state index contributed by atoms with van der Waals surface area (Å²) >= 11 is 0. The van der Waals surface area contributed by atoms with Crippen molar-refractivity contribution < 1.29 is 14.3 Å². The number of benzene rings is 1. The fourth-order valence-corrected chi connectivity index (χ4v) is 2.56. The van der Waals surface area contributed by atoms with Crippen molar-refractivity contribution in [1.82, 2.24) is 5.32 Å². The highest BCUT2D eigenvalue weighted by molar-refractivity contribution is 5.90. The SMILES string of the molecule is CCN(c1ccc(NC(=O)CCCNC(=O)OC(C)(C)C)cc1)C(C)C. The van der Waals surface area contributed by atoms with E-state index in [1.165, 1.54) is 0 Å². The van der Waals surface area contributed by atoms with Crippen molar-refractivity contribution >= 4 is 23.4 Å². The summed E-state index contributed by atoms with van der Waals surface area (Å²) < 4.78 is 5.14. The lowest BCUT2D eigenvalue weighted by Gasteiger charge is -2.27. The molecule has 146 valence electrons. The number of alkyl carbamates (subject to hydrolysis) is 1. The Labute approximate surface area is 157 Å². The maximum absolute atomic E-state index is 12.0.